The summed E-state index contributed by atoms with van der Waals surface area (Å²) in [5, 5.41) is 12.2. The number of aromatic carboxylic acids is 1. The van der Waals surface area contributed by atoms with Crippen LogP contribution in [0, 0.1) is 24.4 Å². The molecule has 7 heteroatoms. The molecule has 4 nitrogen and oxygen atoms in total. The largest absolute Gasteiger partial charge is 0.477 e. The Bertz CT molecular complexity index is 637. The Morgan fingerprint density at radius 1 is 1.28 bits per heavy atom. The molecule has 1 heterocycles. The second-order valence-corrected chi connectivity index (χ2v) is 3.49. The Kier molecular flexibility index (Phi) is 2.82. The molecule has 0 bridgehead atoms. The summed E-state index contributed by atoms with van der Waals surface area (Å²) >= 11 is 0. The fraction of sp³-hybridized carbons (Fsp3) is 0.0909. The molecule has 0 atom stereocenters. The lowest BCUT2D eigenvalue weighted by Gasteiger charge is -2.03. The average Bonchev–Trinajstić information content (AvgIpc) is 2.66. The number of aromatic nitrogens is 1. The predicted molar refractivity (Wildman–Crippen MR) is 53.5 cm³/mol. The summed E-state index contributed by atoms with van der Waals surface area (Å²) in [6, 6.07) is 1.28. The van der Waals surface area contributed by atoms with Gasteiger partial charge in [-0.3, -0.25) is 0 Å². The van der Waals surface area contributed by atoms with E-state index in [0.717, 1.165) is 0 Å². The van der Waals surface area contributed by atoms with Crippen LogP contribution < -0.4 is 0 Å². The highest BCUT2D eigenvalue weighted by molar-refractivity contribution is 5.95. The zero-order valence-electron chi connectivity index (χ0n) is 9.00. The summed E-state index contributed by atoms with van der Waals surface area (Å²) in [5.74, 6) is -5.52. The van der Waals surface area contributed by atoms with E-state index in [1.54, 1.807) is 0 Å². The van der Waals surface area contributed by atoms with E-state index >= 15 is 0 Å². The maximum atomic E-state index is 13.5. The van der Waals surface area contributed by atoms with Crippen molar-refractivity contribution in [1.29, 1.82) is 0 Å². The van der Waals surface area contributed by atoms with Crippen molar-refractivity contribution < 1.29 is 27.6 Å². The lowest BCUT2D eigenvalue weighted by molar-refractivity contribution is 0.0695. The van der Waals surface area contributed by atoms with Crippen molar-refractivity contribution in [3.05, 3.63) is 40.9 Å². The Morgan fingerprint density at radius 3 is 2.50 bits per heavy atom. The monoisotopic (exact) mass is 257 g/mol. The van der Waals surface area contributed by atoms with Crippen molar-refractivity contribution in [2.45, 2.75) is 6.92 Å². The molecule has 0 saturated carbocycles. The molecule has 2 aromatic rings. The molecule has 0 aliphatic rings. The minimum absolute atomic E-state index is 0.124. The molecule has 1 aromatic heterocycles. The summed E-state index contributed by atoms with van der Waals surface area (Å²) in [6.45, 7) is 1.27. The van der Waals surface area contributed by atoms with Crippen LogP contribution in [0.1, 0.15) is 16.1 Å². The van der Waals surface area contributed by atoms with Crippen LogP contribution in [0.3, 0.4) is 0 Å². The molecule has 0 fully saturated rings. The van der Waals surface area contributed by atoms with Gasteiger partial charge in [0, 0.05) is 0 Å². The van der Waals surface area contributed by atoms with Gasteiger partial charge in [-0.25, -0.2) is 18.0 Å². The van der Waals surface area contributed by atoms with Crippen LogP contribution in [-0.2, 0) is 0 Å². The number of nitrogens with zero attached hydrogens (tertiary/aromatic N) is 1. The topological polar surface area (TPSA) is 63.3 Å². The van der Waals surface area contributed by atoms with E-state index in [4.69, 9.17) is 5.11 Å². The number of hydrogen-bond acceptors (Lipinski definition) is 3. The standard InChI is InChI=1S/C11H6F3NO3/c1-4-7(11(16)17)10(15-18-4)8-5(12)2-3-6(13)9(8)14/h2-3H,1H3,(H,16,17). The zero-order valence-corrected chi connectivity index (χ0v) is 9.00. The van der Waals surface area contributed by atoms with Gasteiger partial charge in [0.2, 0.25) is 0 Å². The Morgan fingerprint density at radius 2 is 1.89 bits per heavy atom. The Labute approximate surface area is 98.6 Å². The molecule has 0 radical (unpaired) electrons. The number of hydrogen-bond donors (Lipinski definition) is 1. The maximum Gasteiger partial charge on any atom is 0.341 e. The van der Waals surface area contributed by atoms with Gasteiger partial charge in [0.25, 0.3) is 0 Å². The molecule has 0 aliphatic heterocycles. The molecule has 0 amide bonds. The van der Waals surface area contributed by atoms with Crippen LogP contribution in [0.4, 0.5) is 13.2 Å². The van der Waals surface area contributed by atoms with Crippen molar-refractivity contribution >= 4 is 5.97 Å². The van der Waals surface area contributed by atoms with E-state index in [2.05, 4.69) is 9.68 Å². The van der Waals surface area contributed by atoms with Crippen molar-refractivity contribution in [1.82, 2.24) is 5.16 Å². The Hall–Kier alpha value is -2.31. The van der Waals surface area contributed by atoms with Crippen LogP contribution in [0.5, 0.6) is 0 Å². The number of rotatable bonds is 2. The highest BCUT2D eigenvalue weighted by Crippen LogP contribution is 2.30. The van der Waals surface area contributed by atoms with Crippen LogP contribution >= 0.6 is 0 Å². The first-order valence-corrected chi connectivity index (χ1v) is 4.77. The molecular weight excluding hydrogens is 251 g/mol. The van der Waals surface area contributed by atoms with E-state index in [1.807, 2.05) is 0 Å². The summed E-state index contributed by atoms with van der Waals surface area (Å²) in [6.07, 6.45) is 0. The normalized spacial score (nSPS) is 10.7. The molecule has 0 aliphatic carbocycles. The van der Waals surface area contributed by atoms with Crippen LogP contribution in [0.2, 0.25) is 0 Å². The van der Waals surface area contributed by atoms with Crippen LogP contribution in [-0.4, -0.2) is 16.2 Å². The first kappa shape index (κ1) is 12.2. The lowest BCUT2D eigenvalue weighted by atomic mass is 10.0. The fourth-order valence-electron chi connectivity index (χ4n) is 1.54. The highest BCUT2D eigenvalue weighted by atomic mass is 19.2. The van der Waals surface area contributed by atoms with Crippen LogP contribution in [0.25, 0.3) is 11.3 Å². The third-order valence-electron chi connectivity index (χ3n) is 2.36. The quantitative estimate of drug-likeness (QED) is 0.840. The number of carboxylic acid groups (broad SMARTS) is 1. The van der Waals surface area contributed by atoms with Gasteiger partial charge in [-0.1, -0.05) is 5.16 Å². The zero-order chi connectivity index (χ0) is 13.4. The molecule has 0 saturated heterocycles. The fourth-order valence-corrected chi connectivity index (χ4v) is 1.54. The van der Waals surface area contributed by atoms with Gasteiger partial charge in [0.05, 0.1) is 5.56 Å². The van der Waals surface area contributed by atoms with E-state index in [1.165, 1.54) is 6.92 Å². The molecule has 2 rings (SSSR count). The second-order valence-electron chi connectivity index (χ2n) is 3.49. The lowest BCUT2D eigenvalue weighted by Crippen LogP contribution is -2.02. The molecule has 18 heavy (non-hydrogen) atoms. The second kappa shape index (κ2) is 4.17. The number of halogens is 3. The van der Waals surface area contributed by atoms with Gasteiger partial charge in [0.1, 0.15) is 22.8 Å². The maximum absolute atomic E-state index is 13.5. The van der Waals surface area contributed by atoms with E-state index in [9.17, 15) is 18.0 Å². The van der Waals surface area contributed by atoms with E-state index in [-0.39, 0.29) is 5.76 Å². The number of carboxylic acids is 1. The van der Waals surface area contributed by atoms with Gasteiger partial charge in [-0.15, -0.1) is 0 Å². The molecule has 0 unspecified atom stereocenters. The summed E-state index contributed by atoms with van der Waals surface area (Å²) in [5.41, 5.74) is -1.93. The number of carbonyl (C=O) groups is 1. The minimum atomic E-state index is -1.51. The van der Waals surface area contributed by atoms with Gasteiger partial charge in [0.15, 0.2) is 11.6 Å². The molecule has 94 valence electrons. The van der Waals surface area contributed by atoms with Crippen molar-refractivity contribution in [2.75, 3.05) is 0 Å². The first-order chi connectivity index (χ1) is 8.43. The summed E-state index contributed by atoms with van der Waals surface area (Å²) in [7, 11) is 0. The third-order valence-corrected chi connectivity index (χ3v) is 2.36. The minimum Gasteiger partial charge on any atom is -0.477 e. The van der Waals surface area contributed by atoms with Gasteiger partial charge >= 0.3 is 5.97 Å². The van der Waals surface area contributed by atoms with Crippen molar-refractivity contribution in [3.8, 4) is 11.3 Å². The summed E-state index contributed by atoms with van der Waals surface area (Å²) in [4.78, 5) is 10.9. The molecular formula is C11H6F3NO3. The van der Waals surface area contributed by atoms with Crippen molar-refractivity contribution in [3.63, 3.8) is 0 Å². The first-order valence-electron chi connectivity index (χ1n) is 4.77. The molecule has 0 spiro atoms. The van der Waals surface area contributed by atoms with Crippen molar-refractivity contribution in [2.24, 2.45) is 0 Å². The smallest absolute Gasteiger partial charge is 0.341 e. The molecule has 1 N–H and O–H groups in total. The Balaban J connectivity index is 2.78. The third kappa shape index (κ3) is 1.73. The number of aryl methyl sites for hydroxylation is 1. The highest BCUT2D eigenvalue weighted by Gasteiger charge is 2.27. The summed E-state index contributed by atoms with van der Waals surface area (Å²) < 4.78 is 44.6. The van der Waals surface area contributed by atoms with Gasteiger partial charge in [-0.2, -0.15) is 0 Å². The van der Waals surface area contributed by atoms with E-state index < -0.39 is 40.2 Å². The SMILES string of the molecule is Cc1onc(-c2c(F)ccc(F)c2F)c1C(=O)O. The van der Waals surface area contributed by atoms with Gasteiger partial charge < -0.3 is 9.63 Å². The van der Waals surface area contributed by atoms with E-state index in [0.29, 0.717) is 12.1 Å². The number of benzene rings is 1. The predicted octanol–water partition coefficient (Wildman–Crippen LogP) is 2.77. The van der Waals surface area contributed by atoms with Gasteiger partial charge in [-0.05, 0) is 19.1 Å². The average molecular weight is 257 g/mol. The van der Waals surface area contributed by atoms with Crippen LogP contribution in [0.15, 0.2) is 16.7 Å². The molecule has 1 aromatic carbocycles.